The van der Waals surface area contributed by atoms with Crippen LogP contribution in [0.1, 0.15) is 20.8 Å². The van der Waals surface area contributed by atoms with Crippen molar-refractivity contribution in [3.63, 3.8) is 0 Å². The lowest BCUT2D eigenvalue weighted by Crippen LogP contribution is -2.44. The maximum atomic E-state index is 12.4. The number of rotatable bonds is 5. The molecule has 0 N–H and O–H groups in total. The van der Waals surface area contributed by atoms with Crippen molar-refractivity contribution in [3.8, 4) is 5.75 Å². The maximum absolute atomic E-state index is 12.4. The minimum Gasteiger partial charge on any atom is -0.419 e. The summed E-state index contributed by atoms with van der Waals surface area (Å²) in [7, 11) is 0. The van der Waals surface area contributed by atoms with Crippen LogP contribution in [0.4, 0.5) is 0 Å². The first-order valence-electron chi connectivity index (χ1n) is 7.53. The smallest absolute Gasteiger partial charge is 0.410 e. The number of Topliss-reactive ketones (excluding diaryl/α,β-unsaturated/α-hetero) is 1. The van der Waals surface area contributed by atoms with Gasteiger partial charge in [-0.3, -0.25) is 9.78 Å². The van der Waals surface area contributed by atoms with E-state index in [0.29, 0.717) is 11.3 Å². The number of carbonyl (C=O) groups is 2. The highest BCUT2D eigenvalue weighted by Crippen LogP contribution is 2.16. The zero-order chi connectivity index (χ0) is 17.6. The molecule has 0 aliphatic rings. The van der Waals surface area contributed by atoms with Gasteiger partial charge in [-0.15, -0.1) is 0 Å². The molecule has 0 spiro atoms. The van der Waals surface area contributed by atoms with E-state index in [1.165, 1.54) is 17.0 Å². The second-order valence-corrected chi connectivity index (χ2v) is 6.14. The summed E-state index contributed by atoms with van der Waals surface area (Å²) in [5, 5.41) is 0. The number of ketones is 1. The Morgan fingerprint density at radius 2 is 1.76 bits per heavy atom. The molecule has 0 unspecified atom stereocenters. The molecule has 0 atom stereocenters. The van der Waals surface area contributed by atoms with Gasteiger partial charge in [-0.2, -0.15) is 4.57 Å². The summed E-state index contributed by atoms with van der Waals surface area (Å²) >= 11 is 3.33. The van der Waals surface area contributed by atoms with Gasteiger partial charge in [0.15, 0.2) is 6.20 Å². The summed E-state index contributed by atoms with van der Waals surface area (Å²) in [5.41, 5.74) is 0.786. The van der Waals surface area contributed by atoms with Gasteiger partial charge in [0.25, 0.3) is 0 Å². The molecule has 25 heavy (non-hydrogen) atoms. The molecule has 5 nitrogen and oxygen atoms in total. The molecule has 1 aromatic heterocycles. The first kappa shape index (κ1) is 17.0. The zero-order valence-corrected chi connectivity index (χ0v) is 14.7. The van der Waals surface area contributed by atoms with Gasteiger partial charge in [-0.1, -0.05) is 46.3 Å². The van der Waals surface area contributed by atoms with Crippen molar-refractivity contribution in [1.82, 2.24) is 4.98 Å². The zero-order valence-electron chi connectivity index (χ0n) is 13.1. The van der Waals surface area contributed by atoms with Gasteiger partial charge >= 0.3 is 11.7 Å². The van der Waals surface area contributed by atoms with Crippen LogP contribution in [0.5, 0.6) is 5.75 Å². The average molecular weight is 398 g/mol. The second kappa shape index (κ2) is 7.81. The molecular weight excluding hydrogens is 384 g/mol. The third-order valence-corrected chi connectivity index (χ3v) is 4.01. The lowest BCUT2D eigenvalue weighted by molar-refractivity contribution is -0.686. The normalized spacial score (nSPS) is 10.3. The molecule has 1 heterocycles. The first-order valence-corrected chi connectivity index (χ1v) is 8.32. The molecule has 3 rings (SSSR count). The van der Waals surface area contributed by atoms with Gasteiger partial charge in [0.05, 0.1) is 6.20 Å². The van der Waals surface area contributed by atoms with E-state index in [1.54, 1.807) is 54.7 Å². The van der Waals surface area contributed by atoms with Crippen LogP contribution in [-0.4, -0.2) is 16.7 Å². The first-order chi connectivity index (χ1) is 12.1. The number of esters is 1. The lowest BCUT2D eigenvalue weighted by atomic mass is 10.1. The Hall–Kier alpha value is -2.86. The third kappa shape index (κ3) is 4.36. The Labute approximate surface area is 153 Å². The van der Waals surface area contributed by atoms with E-state index in [2.05, 4.69) is 20.9 Å². The SMILES string of the molecule is O=C(C[n+]1ccncc1C(=O)Oc1ccc(Br)cc1)c1ccccc1. The van der Waals surface area contributed by atoms with Crippen molar-refractivity contribution in [3.05, 3.63) is 88.9 Å². The number of nitrogens with zero attached hydrogens (tertiary/aromatic N) is 2. The van der Waals surface area contributed by atoms with E-state index >= 15 is 0 Å². The summed E-state index contributed by atoms with van der Waals surface area (Å²) in [6.07, 6.45) is 4.49. The summed E-state index contributed by atoms with van der Waals surface area (Å²) in [6.45, 7) is 0.0251. The largest absolute Gasteiger partial charge is 0.419 e. The summed E-state index contributed by atoms with van der Waals surface area (Å²) in [5.74, 6) is -0.260. The van der Waals surface area contributed by atoms with Crippen molar-refractivity contribution in [2.75, 3.05) is 0 Å². The quantitative estimate of drug-likeness (QED) is 0.287. The summed E-state index contributed by atoms with van der Waals surface area (Å²) < 4.78 is 7.77. The van der Waals surface area contributed by atoms with Crippen LogP contribution in [0.3, 0.4) is 0 Å². The van der Waals surface area contributed by atoms with Gasteiger partial charge in [0, 0.05) is 10.0 Å². The molecule has 2 aromatic carbocycles. The number of aromatic nitrogens is 2. The lowest BCUT2D eigenvalue weighted by Gasteiger charge is -2.04. The van der Waals surface area contributed by atoms with Crippen LogP contribution < -0.4 is 9.30 Å². The van der Waals surface area contributed by atoms with Crippen molar-refractivity contribution in [2.24, 2.45) is 0 Å². The molecule has 0 saturated carbocycles. The monoisotopic (exact) mass is 397 g/mol. The summed E-state index contributed by atoms with van der Waals surface area (Å²) in [4.78, 5) is 28.8. The molecule has 0 aliphatic carbocycles. The number of hydrogen-bond donors (Lipinski definition) is 0. The van der Waals surface area contributed by atoms with E-state index in [-0.39, 0.29) is 18.0 Å². The van der Waals surface area contributed by atoms with Crippen molar-refractivity contribution in [1.29, 1.82) is 0 Å². The Bertz CT molecular complexity index is 896. The standard InChI is InChI=1S/C19H14BrN2O3/c20-15-6-8-16(9-7-15)25-19(24)17-12-21-10-11-22(17)13-18(23)14-4-2-1-3-5-14/h1-12H,13H2/q+1. The second-order valence-electron chi connectivity index (χ2n) is 5.22. The minimum atomic E-state index is -0.573. The highest BCUT2D eigenvalue weighted by molar-refractivity contribution is 9.10. The Morgan fingerprint density at radius 3 is 2.48 bits per heavy atom. The maximum Gasteiger partial charge on any atom is 0.410 e. The molecule has 0 aliphatic heterocycles. The Kier molecular flexibility index (Phi) is 5.30. The predicted octanol–water partition coefficient (Wildman–Crippen LogP) is 3.23. The van der Waals surface area contributed by atoms with Gasteiger partial charge in [0.1, 0.15) is 11.9 Å². The van der Waals surface area contributed by atoms with E-state index < -0.39 is 5.97 Å². The third-order valence-electron chi connectivity index (χ3n) is 3.48. The van der Waals surface area contributed by atoms with Crippen LogP contribution in [-0.2, 0) is 6.54 Å². The average Bonchev–Trinajstić information content (AvgIpc) is 2.64. The molecular formula is C19H14BrN2O3+. The van der Waals surface area contributed by atoms with Crippen LogP contribution in [0.25, 0.3) is 0 Å². The molecule has 3 aromatic rings. The molecule has 0 fully saturated rings. The van der Waals surface area contributed by atoms with Crippen molar-refractivity contribution >= 4 is 27.7 Å². The van der Waals surface area contributed by atoms with Crippen molar-refractivity contribution in [2.45, 2.75) is 6.54 Å². The Balaban J connectivity index is 1.79. The fraction of sp³-hybridized carbons (Fsp3) is 0.0526. The minimum absolute atomic E-state index is 0.0251. The number of hydrogen-bond acceptors (Lipinski definition) is 4. The van der Waals surface area contributed by atoms with Gasteiger partial charge in [-0.25, -0.2) is 4.79 Å². The molecule has 0 saturated heterocycles. The van der Waals surface area contributed by atoms with E-state index in [1.807, 2.05) is 6.07 Å². The van der Waals surface area contributed by atoms with Crippen LogP contribution in [0.15, 0.2) is 77.7 Å². The van der Waals surface area contributed by atoms with Crippen molar-refractivity contribution < 1.29 is 18.9 Å². The number of carbonyl (C=O) groups excluding carboxylic acids is 2. The molecule has 0 amide bonds. The highest BCUT2D eigenvalue weighted by Gasteiger charge is 2.24. The van der Waals surface area contributed by atoms with Crippen LogP contribution in [0, 0.1) is 0 Å². The Morgan fingerprint density at radius 1 is 1.04 bits per heavy atom. The van der Waals surface area contributed by atoms with Gasteiger partial charge in [-0.05, 0) is 24.3 Å². The number of ether oxygens (including phenoxy) is 1. The van der Waals surface area contributed by atoms with E-state index in [9.17, 15) is 9.59 Å². The van der Waals surface area contributed by atoms with Crippen LogP contribution in [0.2, 0.25) is 0 Å². The number of halogens is 1. The highest BCUT2D eigenvalue weighted by atomic mass is 79.9. The topological polar surface area (TPSA) is 60.1 Å². The van der Waals surface area contributed by atoms with Gasteiger partial charge < -0.3 is 4.74 Å². The van der Waals surface area contributed by atoms with Crippen LogP contribution >= 0.6 is 15.9 Å². The predicted molar refractivity (Wildman–Crippen MR) is 94.3 cm³/mol. The molecule has 124 valence electrons. The molecule has 0 radical (unpaired) electrons. The van der Waals surface area contributed by atoms with E-state index in [0.717, 1.165) is 4.47 Å². The molecule has 0 bridgehead atoms. The fourth-order valence-electron chi connectivity index (χ4n) is 2.23. The van der Waals surface area contributed by atoms with E-state index in [4.69, 9.17) is 4.74 Å². The molecule has 6 heteroatoms. The fourth-order valence-corrected chi connectivity index (χ4v) is 2.49. The summed E-state index contributed by atoms with van der Waals surface area (Å²) in [6, 6.07) is 15.8. The number of benzene rings is 2. The van der Waals surface area contributed by atoms with Gasteiger partial charge in [0.2, 0.25) is 12.3 Å².